The van der Waals surface area contributed by atoms with Gasteiger partial charge in [0.05, 0.1) is 10.8 Å². The van der Waals surface area contributed by atoms with Crippen LogP contribution in [0.1, 0.15) is 33.3 Å². The molecule has 0 saturated heterocycles. The minimum atomic E-state index is -0.470. The molecule has 0 unspecified atom stereocenters. The fraction of sp³-hybridized carbons (Fsp3) is 0.438. The lowest BCUT2D eigenvalue weighted by atomic mass is 9.51. The third-order valence-corrected chi connectivity index (χ3v) is 6.19. The van der Waals surface area contributed by atoms with Crippen molar-refractivity contribution < 1.29 is 9.53 Å². The highest BCUT2D eigenvalue weighted by molar-refractivity contribution is 8.04. The first-order valence-corrected chi connectivity index (χ1v) is 7.38. The summed E-state index contributed by atoms with van der Waals surface area (Å²) in [7, 11) is 0. The van der Waals surface area contributed by atoms with E-state index in [2.05, 4.69) is 0 Å². The molecule has 0 atom stereocenters. The maximum atomic E-state index is 12.3. The Morgan fingerprint density at radius 3 is 2.16 bits per heavy atom. The average molecular weight is 274 g/mol. The van der Waals surface area contributed by atoms with Crippen LogP contribution in [-0.4, -0.2) is 10.7 Å². The maximum absolute atomic E-state index is 12.3. The number of thioether (sulfide) groups is 1. The Kier molecular flexibility index (Phi) is 2.47. The largest absolute Gasteiger partial charge is 0.473 e. The number of carbonyl (C=O) groups excluding carboxylic acids is 1. The van der Waals surface area contributed by atoms with E-state index < -0.39 is 15.8 Å². The van der Waals surface area contributed by atoms with Crippen LogP contribution < -0.4 is 0 Å². The van der Waals surface area contributed by atoms with Gasteiger partial charge in [-0.25, -0.2) is 0 Å². The first-order chi connectivity index (χ1) is 8.83. The summed E-state index contributed by atoms with van der Waals surface area (Å²) in [6.07, 6.45) is 0. The van der Waals surface area contributed by atoms with E-state index in [-0.39, 0.29) is 5.78 Å². The summed E-state index contributed by atoms with van der Waals surface area (Å²) in [5.74, 6) is 1.15. The van der Waals surface area contributed by atoms with Crippen LogP contribution in [0.2, 0.25) is 0 Å². The molecule has 3 heteroatoms. The number of Topliss-reactive ketones (excluding diaryl/α,β-unsaturated/α-hetero) is 1. The van der Waals surface area contributed by atoms with Crippen LogP contribution in [0.3, 0.4) is 0 Å². The molecule has 1 aliphatic carbocycles. The van der Waals surface area contributed by atoms with Crippen molar-refractivity contribution in [1.29, 1.82) is 0 Å². The van der Waals surface area contributed by atoms with E-state index in [1.54, 1.807) is 11.8 Å². The quantitative estimate of drug-likeness (QED) is 0.772. The SMILES string of the molecule is CC1(C)C(=O)C(C)(C)C12OC(c1ccccc1)=CS2. The summed E-state index contributed by atoms with van der Waals surface area (Å²) < 4.78 is 6.28. The van der Waals surface area contributed by atoms with Crippen LogP contribution in [0.5, 0.6) is 0 Å². The van der Waals surface area contributed by atoms with Gasteiger partial charge in [-0.15, -0.1) is 0 Å². The first-order valence-electron chi connectivity index (χ1n) is 6.50. The van der Waals surface area contributed by atoms with E-state index in [9.17, 15) is 4.79 Å². The summed E-state index contributed by atoms with van der Waals surface area (Å²) in [4.78, 5) is 11.8. The van der Waals surface area contributed by atoms with Crippen molar-refractivity contribution in [3.05, 3.63) is 41.3 Å². The summed E-state index contributed by atoms with van der Waals surface area (Å²) in [6, 6.07) is 10.1. The number of hydrogen-bond acceptors (Lipinski definition) is 3. The molecule has 1 spiro atoms. The predicted molar refractivity (Wildman–Crippen MR) is 78.4 cm³/mol. The van der Waals surface area contributed by atoms with Crippen molar-refractivity contribution in [3.8, 4) is 0 Å². The van der Waals surface area contributed by atoms with Crippen LogP contribution in [0.25, 0.3) is 5.76 Å². The maximum Gasteiger partial charge on any atom is 0.182 e. The summed E-state index contributed by atoms with van der Waals surface area (Å²) in [5, 5.41) is 2.05. The third-order valence-electron chi connectivity index (χ3n) is 4.42. The molecule has 1 aromatic carbocycles. The Morgan fingerprint density at radius 2 is 1.58 bits per heavy atom. The number of ketones is 1. The lowest BCUT2D eigenvalue weighted by Gasteiger charge is -2.61. The lowest BCUT2D eigenvalue weighted by molar-refractivity contribution is -0.188. The van der Waals surface area contributed by atoms with Crippen LogP contribution in [0.15, 0.2) is 35.7 Å². The summed E-state index contributed by atoms with van der Waals surface area (Å²) in [5.41, 5.74) is 0.167. The van der Waals surface area contributed by atoms with Gasteiger partial charge < -0.3 is 4.74 Å². The van der Waals surface area contributed by atoms with Gasteiger partial charge in [0.2, 0.25) is 0 Å². The Labute approximate surface area is 118 Å². The second-order valence-electron chi connectivity index (χ2n) is 6.26. The lowest BCUT2D eigenvalue weighted by Crippen LogP contribution is -2.72. The predicted octanol–water partition coefficient (Wildman–Crippen LogP) is 4.08. The van der Waals surface area contributed by atoms with Crippen LogP contribution in [-0.2, 0) is 9.53 Å². The molecular formula is C16H18O2S. The Morgan fingerprint density at radius 1 is 1.00 bits per heavy atom. The summed E-state index contributed by atoms with van der Waals surface area (Å²) in [6.45, 7) is 7.93. The van der Waals surface area contributed by atoms with Crippen molar-refractivity contribution in [2.45, 2.75) is 32.6 Å². The molecule has 0 amide bonds. The highest BCUT2D eigenvalue weighted by Gasteiger charge is 2.76. The molecule has 19 heavy (non-hydrogen) atoms. The third kappa shape index (κ3) is 1.37. The van der Waals surface area contributed by atoms with Gasteiger partial charge in [0.1, 0.15) is 5.76 Å². The zero-order valence-corrected chi connectivity index (χ0v) is 12.5. The van der Waals surface area contributed by atoms with Gasteiger partial charge in [0, 0.05) is 11.0 Å². The number of ether oxygens (including phenoxy) is 1. The van der Waals surface area contributed by atoms with E-state index >= 15 is 0 Å². The summed E-state index contributed by atoms with van der Waals surface area (Å²) >= 11 is 1.65. The van der Waals surface area contributed by atoms with Gasteiger partial charge in [0.15, 0.2) is 10.7 Å². The fourth-order valence-electron chi connectivity index (χ4n) is 3.42. The number of hydrogen-bond donors (Lipinski definition) is 0. The van der Waals surface area contributed by atoms with Gasteiger partial charge in [-0.3, -0.25) is 4.79 Å². The number of benzene rings is 1. The van der Waals surface area contributed by atoms with Crippen molar-refractivity contribution in [1.82, 2.24) is 0 Å². The molecule has 1 aromatic rings. The normalized spacial score (nSPS) is 25.7. The first kappa shape index (κ1) is 12.8. The molecule has 2 nitrogen and oxygen atoms in total. The molecule has 1 heterocycles. The van der Waals surface area contributed by atoms with E-state index in [4.69, 9.17) is 4.74 Å². The van der Waals surface area contributed by atoms with Crippen molar-refractivity contribution in [2.75, 3.05) is 0 Å². The van der Waals surface area contributed by atoms with Gasteiger partial charge in [0.25, 0.3) is 0 Å². The standard InChI is InChI=1S/C16H18O2S/c1-14(2)13(17)15(3,4)16(14)18-12(10-19-16)11-8-6-5-7-9-11/h5-10H,1-4H3. The molecule has 1 fully saturated rings. The second kappa shape index (κ2) is 3.66. The molecule has 100 valence electrons. The van der Waals surface area contributed by atoms with Gasteiger partial charge >= 0.3 is 0 Å². The van der Waals surface area contributed by atoms with Crippen LogP contribution in [0, 0.1) is 10.8 Å². The molecule has 0 radical (unpaired) electrons. The van der Waals surface area contributed by atoms with E-state index in [1.165, 1.54) is 0 Å². The number of rotatable bonds is 1. The minimum absolute atomic E-state index is 0.273. The Balaban J connectivity index is 1.95. The van der Waals surface area contributed by atoms with E-state index in [0.717, 1.165) is 11.3 Å². The highest BCUT2D eigenvalue weighted by atomic mass is 32.2. The Hall–Kier alpha value is -1.22. The van der Waals surface area contributed by atoms with Crippen LogP contribution in [0.4, 0.5) is 0 Å². The molecule has 2 aliphatic rings. The van der Waals surface area contributed by atoms with Gasteiger partial charge in [-0.05, 0) is 27.7 Å². The van der Waals surface area contributed by atoms with Crippen molar-refractivity contribution in [3.63, 3.8) is 0 Å². The molecule has 1 aliphatic heterocycles. The van der Waals surface area contributed by atoms with Crippen molar-refractivity contribution in [2.24, 2.45) is 10.8 Å². The van der Waals surface area contributed by atoms with E-state index in [0.29, 0.717) is 0 Å². The zero-order valence-electron chi connectivity index (χ0n) is 11.7. The molecule has 0 N–H and O–H groups in total. The fourth-order valence-corrected chi connectivity index (χ4v) is 4.79. The molecule has 0 aromatic heterocycles. The minimum Gasteiger partial charge on any atom is -0.473 e. The smallest absolute Gasteiger partial charge is 0.182 e. The Bertz CT molecular complexity index is 552. The second-order valence-corrected chi connectivity index (χ2v) is 7.31. The molecule has 1 saturated carbocycles. The highest BCUT2D eigenvalue weighted by Crippen LogP contribution is 2.69. The van der Waals surface area contributed by atoms with Gasteiger partial charge in [-0.1, -0.05) is 42.1 Å². The number of carbonyl (C=O) groups is 1. The molecule has 3 rings (SSSR count). The molecular weight excluding hydrogens is 256 g/mol. The zero-order chi connectivity index (χ0) is 13.9. The van der Waals surface area contributed by atoms with Crippen LogP contribution >= 0.6 is 11.8 Å². The van der Waals surface area contributed by atoms with E-state index in [1.807, 2.05) is 63.4 Å². The van der Waals surface area contributed by atoms with Crippen molar-refractivity contribution >= 4 is 23.3 Å². The monoisotopic (exact) mass is 274 g/mol. The average Bonchev–Trinajstić information content (AvgIpc) is 2.86. The topological polar surface area (TPSA) is 26.3 Å². The van der Waals surface area contributed by atoms with Gasteiger partial charge in [-0.2, -0.15) is 0 Å². The molecule has 0 bridgehead atoms.